The molecule has 0 spiro atoms. The van der Waals surface area contributed by atoms with Crippen molar-refractivity contribution in [3.8, 4) is 0 Å². The monoisotopic (exact) mass is 242 g/mol. The molecule has 5 heteroatoms. The van der Waals surface area contributed by atoms with Crippen molar-refractivity contribution in [2.45, 2.75) is 19.8 Å². The summed E-state index contributed by atoms with van der Waals surface area (Å²) in [6, 6.07) is 0. The molecule has 1 aliphatic heterocycles. The Labute approximate surface area is 103 Å². The topological polar surface area (TPSA) is 49.9 Å². The summed E-state index contributed by atoms with van der Waals surface area (Å²) in [5.41, 5.74) is 0. The van der Waals surface area contributed by atoms with Crippen LogP contribution in [0.2, 0.25) is 0 Å². The summed E-state index contributed by atoms with van der Waals surface area (Å²) in [6.07, 6.45) is 1.44. The van der Waals surface area contributed by atoms with E-state index >= 15 is 0 Å². The molecular formula is C12H22N2O3. The maximum atomic E-state index is 11.8. The van der Waals surface area contributed by atoms with Crippen LogP contribution in [0.4, 0.5) is 0 Å². The van der Waals surface area contributed by atoms with Crippen LogP contribution in [-0.2, 0) is 14.3 Å². The van der Waals surface area contributed by atoms with Crippen molar-refractivity contribution in [3.05, 3.63) is 0 Å². The third-order valence-corrected chi connectivity index (χ3v) is 2.92. The van der Waals surface area contributed by atoms with Crippen LogP contribution in [0.15, 0.2) is 0 Å². The molecule has 5 nitrogen and oxygen atoms in total. The Morgan fingerprint density at radius 3 is 2.35 bits per heavy atom. The van der Waals surface area contributed by atoms with Gasteiger partial charge in [0.1, 0.15) is 0 Å². The maximum absolute atomic E-state index is 11.8. The highest BCUT2D eigenvalue weighted by molar-refractivity contribution is 5.79. The molecule has 0 bridgehead atoms. The Balaban J connectivity index is 2.35. The molecule has 1 heterocycles. The van der Waals surface area contributed by atoms with E-state index in [0.29, 0.717) is 26.2 Å². The summed E-state index contributed by atoms with van der Waals surface area (Å²) < 4.78 is 4.99. The SMILES string of the molecule is CCOC(=O)C1CCN(C(=O)CN(C)C)CC1. The third-order valence-electron chi connectivity index (χ3n) is 2.92. The quantitative estimate of drug-likeness (QED) is 0.667. The van der Waals surface area contributed by atoms with E-state index in [2.05, 4.69) is 0 Å². The summed E-state index contributed by atoms with van der Waals surface area (Å²) >= 11 is 0. The van der Waals surface area contributed by atoms with E-state index in [4.69, 9.17) is 4.74 Å². The van der Waals surface area contributed by atoms with Crippen LogP contribution in [0, 0.1) is 5.92 Å². The molecule has 0 aromatic rings. The molecule has 1 saturated heterocycles. The van der Waals surface area contributed by atoms with Gasteiger partial charge in [-0.3, -0.25) is 9.59 Å². The maximum Gasteiger partial charge on any atom is 0.309 e. The van der Waals surface area contributed by atoms with E-state index < -0.39 is 0 Å². The number of carbonyl (C=O) groups excluding carboxylic acids is 2. The molecule has 1 amide bonds. The summed E-state index contributed by atoms with van der Waals surface area (Å²) in [5, 5.41) is 0. The van der Waals surface area contributed by atoms with Crippen LogP contribution in [0.1, 0.15) is 19.8 Å². The number of carbonyl (C=O) groups is 2. The highest BCUT2D eigenvalue weighted by Crippen LogP contribution is 2.18. The number of hydrogen-bond acceptors (Lipinski definition) is 4. The van der Waals surface area contributed by atoms with Gasteiger partial charge >= 0.3 is 5.97 Å². The van der Waals surface area contributed by atoms with E-state index in [0.717, 1.165) is 12.8 Å². The van der Waals surface area contributed by atoms with Crippen molar-refractivity contribution in [2.75, 3.05) is 40.3 Å². The van der Waals surface area contributed by atoms with E-state index in [9.17, 15) is 9.59 Å². The van der Waals surface area contributed by atoms with Crippen molar-refractivity contribution in [3.63, 3.8) is 0 Å². The van der Waals surface area contributed by atoms with Crippen LogP contribution in [-0.4, -0.2) is 62.0 Å². The lowest BCUT2D eigenvalue weighted by Gasteiger charge is -2.31. The van der Waals surface area contributed by atoms with Crippen molar-refractivity contribution >= 4 is 11.9 Å². The number of ether oxygens (including phenoxy) is 1. The second-order valence-corrected chi connectivity index (χ2v) is 4.64. The number of hydrogen-bond donors (Lipinski definition) is 0. The molecule has 1 fully saturated rings. The Hall–Kier alpha value is -1.10. The molecule has 98 valence electrons. The molecule has 0 N–H and O–H groups in total. The van der Waals surface area contributed by atoms with Crippen LogP contribution in [0.25, 0.3) is 0 Å². The van der Waals surface area contributed by atoms with Gasteiger partial charge in [0.25, 0.3) is 0 Å². The van der Waals surface area contributed by atoms with Gasteiger partial charge in [0.2, 0.25) is 5.91 Å². The molecular weight excluding hydrogens is 220 g/mol. The molecule has 1 rings (SSSR count). The number of likely N-dealkylation sites (tertiary alicyclic amines) is 1. The average Bonchev–Trinajstić information content (AvgIpc) is 2.28. The van der Waals surface area contributed by atoms with E-state index in [1.165, 1.54) is 0 Å². The predicted molar refractivity (Wildman–Crippen MR) is 64.5 cm³/mol. The van der Waals surface area contributed by atoms with Gasteiger partial charge in [-0.25, -0.2) is 0 Å². The summed E-state index contributed by atoms with van der Waals surface area (Å²) in [6.45, 7) is 4.00. The zero-order chi connectivity index (χ0) is 12.8. The van der Waals surface area contributed by atoms with Gasteiger partial charge in [-0.1, -0.05) is 0 Å². The Morgan fingerprint density at radius 1 is 1.29 bits per heavy atom. The number of amides is 1. The molecule has 0 aromatic heterocycles. The lowest BCUT2D eigenvalue weighted by Crippen LogP contribution is -2.44. The minimum absolute atomic E-state index is 0.0293. The number of rotatable bonds is 4. The van der Waals surface area contributed by atoms with Crippen LogP contribution >= 0.6 is 0 Å². The van der Waals surface area contributed by atoms with Gasteiger partial charge in [-0.15, -0.1) is 0 Å². The molecule has 17 heavy (non-hydrogen) atoms. The fraction of sp³-hybridized carbons (Fsp3) is 0.833. The first-order chi connectivity index (χ1) is 8.04. The van der Waals surface area contributed by atoms with Crippen LogP contribution in [0.3, 0.4) is 0 Å². The van der Waals surface area contributed by atoms with Crippen molar-refractivity contribution in [1.82, 2.24) is 9.80 Å². The minimum atomic E-state index is -0.118. The molecule has 0 unspecified atom stereocenters. The van der Waals surface area contributed by atoms with Gasteiger partial charge < -0.3 is 14.5 Å². The fourth-order valence-corrected chi connectivity index (χ4v) is 2.00. The Kier molecular flexibility index (Phi) is 5.41. The molecule has 0 atom stereocenters. The Morgan fingerprint density at radius 2 is 1.88 bits per heavy atom. The lowest BCUT2D eigenvalue weighted by molar-refractivity contribution is -0.151. The number of piperidine rings is 1. The number of esters is 1. The number of nitrogens with zero attached hydrogens (tertiary/aromatic N) is 2. The zero-order valence-corrected chi connectivity index (χ0v) is 10.9. The summed E-state index contributed by atoms with van der Waals surface area (Å²) in [4.78, 5) is 27.0. The smallest absolute Gasteiger partial charge is 0.309 e. The van der Waals surface area contributed by atoms with Crippen LogP contribution in [0.5, 0.6) is 0 Å². The average molecular weight is 242 g/mol. The molecule has 1 aliphatic rings. The van der Waals surface area contributed by atoms with Crippen LogP contribution < -0.4 is 0 Å². The Bertz CT molecular complexity index is 271. The second-order valence-electron chi connectivity index (χ2n) is 4.64. The van der Waals surface area contributed by atoms with Gasteiger partial charge in [-0.05, 0) is 33.9 Å². The van der Waals surface area contributed by atoms with Gasteiger partial charge in [0, 0.05) is 13.1 Å². The predicted octanol–water partition coefficient (Wildman–Crippen LogP) is 0.350. The van der Waals surface area contributed by atoms with Gasteiger partial charge in [0.05, 0.1) is 19.1 Å². The lowest BCUT2D eigenvalue weighted by atomic mass is 9.97. The van der Waals surface area contributed by atoms with Crippen molar-refractivity contribution in [2.24, 2.45) is 5.92 Å². The fourth-order valence-electron chi connectivity index (χ4n) is 2.00. The first kappa shape index (κ1) is 14.0. The standard InChI is InChI=1S/C12H22N2O3/c1-4-17-12(16)10-5-7-14(8-6-10)11(15)9-13(2)3/h10H,4-9H2,1-3H3. The highest BCUT2D eigenvalue weighted by atomic mass is 16.5. The normalized spacial score (nSPS) is 17.3. The highest BCUT2D eigenvalue weighted by Gasteiger charge is 2.27. The minimum Gasteiger partial charge on any atom is -0.466 e. The van der Waals surface area contributed by atoms with Crippen molar-refractivity contribution in [1.29, 1.82) is 0 Å². The molecule has 0 aliphatic carbocycles. The molecule has 0 radical (unpaired) electrons. The molecule has 0 saturated carbocycles. The van der Waals surface area contributed by atoms with Gasteiger partial charge in [-0.2, -0.15) is 0 Å². The first-order valence-electron chi connectivity index (χ1n) is 6.13. The number of likely N-dealkylation sites (N-methyl/N-ethyl adjacent to an activating group) is 1. The second kappa shape index (κ2) is 6.59. The summed E-state index contributed by atoms with van der Waals surface area (Å²) in [5.74, 6) is -0.0112. The first-order valence-corrected chi connectivity index (χ1v) is 6.13. The third kappa shape index (κ3) is 4.34. The van der Waals surface area contributed by atoms with E-state index in [1.54, 1.807) is 0 Å². The van der Waals surface area contributed by atoms with E-state index in [1.807, 2.05) is 30.8 Å². The van der Waals surface area contributed by atoms with Crippen molar-refractivity contribution < 1.29 is 14.3 Å². The molecule has 0 aromatic carbocycles. The van der Waals surface area contributed by atoms with Gasteiger partial charge in [0.15, 0.2) is 0 Å². The summed E-state index contributed by atoms with van der Waals surface area (Å²) in [7, 11) is 3.76. The largest absolute Gasteiger partial charge is 0.466 e. The zero-order valence-electron chi connectivity index (χ0n) is 10.9. The van der Waals surface area contributed by atoms with E-state index in [-0.39, 0.29) is 17.8 Å².